The van der Waals surface area contributed by atoms with E-state index < -0.39 is 45.6 Å². The molecule has 0 bridgehead atoms. The quantitative estimate of drug-likeness (QED) is 0.468. The maximum absolute atomic E-state index is 12.7. The van der Waals surface area contributed by atoms with Gasteiger partial charge >= 0.3 is 18.5 Å². The summed E-state index contributed by atoms with van der Waals surface area (Å²) in [7, 11) is 0. The van der Waals surface area contributed by atoms with E-state index in [1.54, 1.807) is 0 Å². The van der Waals surface area contributed by atoms with Gasteiger partial charge in [0.15, 0.2) is 5.75 Å². The van der Waals surface area contributed by atoms with E-state index in [0.29, 0.717) is 0 Å². The second-order valence-electron chi connectivity index (χ2n) is 3.40. The molecule has 0 saturated carbocycles. The lowest BCUT2D eigenvalue weighted by Gasteiger charge is -2.17. The summed E-state index contributed by atoms with van der Waals surface area (Å²) in [5, 5.41) is 8.47. The predicted octanol–water partition coefficient (Wildman–Crippen LogP) is 3.23. The Balaban J connectivity index is 3.39. The highest BCUT2D eigenvalue weighted by molar-refractivity contribution is 14.1. The summed E-state index contributed by atoms with van der Waals surface area (Å²) >= 11 is 1.11. The summed E-state index contributed by atoms with van der Waals surface area (Å²) in [4.78, 5) is 13.8. The van der Waals surface area contributed by atoms with Gasteiger partial charge in [0.2, 0.25) is 0 Å². The van der Waals surface area contributed by atoms with Gasteiger partial charge in [0.05, 0.1) is 12.1 Å². The lowest BCUT2D eigenvalue weighted by Crippen LogP contribution is -2.22. The van der Waals surface area contributed by atoms with Crippen LogP contribution in [0.1, 0.15) is 11.3 Å². The molecule has 0 aliphatic rings. The van der Waals surface area contributed by atoms with Crippen molar-refractivity contribution in [2.45, 2.75) is 19.0 Å². The van der Waals surface area contributed by atoms with E-state index in [4.69, 9.17) is 5.11 Å². The molecule has 0 aliphatic carbocycles. The molecular formula is C9H4F6INO3. The standard InChI is InChI=1S/C9H4F6INO3/c10-8(11,12)4-1-3(2-5(18)19)17-7(16)6(4)20-9(13,14)15/h1H,2H2,(H,18,19). The van der Waals surface area contributed by atoms with E-state index in [1.807, 2.05) is 0 Å². The van der Waals surface area contributed by atoms with Gasteiger partial charge in [0.25, 0.3) is 0 Å². The lowest BCUT2D eigenvalue weighted by atomic mass is 10.1. The molecule has 4 nitrogen and oxygen atoms in total. The lowest BCUT2D eigenvalue weighted by molar-refractivity contribution is -0.276. The van der Waals surface area contributed by atoms with Crippen molar-refractivity contribution in [3.8, 4) is 5.75 Å². The van der Waals surface area contributed by atoms with Gasteiger partial charge in [0, 0.05) is 0 Å². The molecule has 20 heavy (non-hydrogen) atoms. The third kappa shape index (κ3) is 4.68. The highest BCUT2D eigenvalue weighted by Crippen LogP contribution is 2.40. The van der Waals surface area contributed by atoms with Gasteiger partial charge in [-0.05, 0) is 28.7 Å². The summed E-state index contributed by atoms with van der Waals surface area (Å²) in [6.45, 7) is 0. The summed E-state index contributed by atoms with van der Waals surface area (Å²) < 4.78 is 76.9. The molecular weight excluding hydrogens is 411 g/mol. The Bertz CT molecular complexity index is 528. The average molecular weight is 415 g/mol. The molecule has 0 unspecified atom stereocenters. The van der Waals surface area contributed by atoms with Crippen LogP contribution in [-0.4, -0.2) is 22.4 Å². The third-order valence-electron chi connectivity index (χ3n) is 1.84. The Morgan fingerprint density at radius 2 is 1.85 bits per heavy atom. The molecule has 1 aromatic heterocycles. The van der Waals surface area contributed by atoms with Crippen molar-refractivity contribution >= 4 is 28.6 Å². The van der Waals surface area contributed by atoms with E-state index in [1.165, 1.54) is 0 Å². The van der Waals surface area contributed by atoms with Gasteiger partial charge in [-0.1, -0.05) is 0 Å². The Labute approximate surface area is 120 Å². The molecule has 11 heteroatoms. The van der Waals surface area contributed by atoms with Crippen LogP contribution >= 0.6 is 22.6 Å². The highest BCUT2D eigenvalue weighted by Gasteiger charge is 2.41. The van der Waals surface area contributed by atoms with E-state index >= 15 is 0 Å². The zero-order chi connectivity index (χ0) is 15.7. The van der Waals surface area contributed by atoms with Crippen LogP contribution in [0.5, 0.6) is 5.75 Å². The van der Waals surface area contributed by atoms with Crippen molar-refractivity contribution in [1.29, 1.82) is 0 Å². The van der Waals surface area contributed by atoms with Crippen LogP contribution < -0.4 is 4.74 Å². The molecule has 0 radical (unpaired) electrons. The van der Waals surface area contributed by atoms with Crippen LogP contribution in [0.3, 0.4) is 0 Å². The number of aromatic nitrogens is 1. The predicted molar refractivity (Wildman–Crippen MR) is 60.0 cm³/mol. The Hall–Kier alpha value is -1.27. The first kappa shape index (κ1) is 16.8. The molecule has 0 atom stereocenters. The van der Waals surface area contributed by atoms with Crippen molar-refractivity contribution in [3.63, 3.8) is 0 Å². The SMILES string of the molecule is O=C(O)Cc1cc(C(F)(F)F)c(OC(F)(F)F)c(I)n1. The fourth-order valence-corrected chi connectivity index (χ4v) is 1.93. The van der Waals surface area contributed by atoms with Crippen LogP contribution in [0.2, 0.25) is 0 Å². The van der Waals surface area contributed by atoms with E-state index in [0.717, 1.165) is 22.6 Å². The monoisotopic (exact) mass is 415 g/mol. The Kier molecular flexibility index (Phi) is 4.71. The molecule has 0 aliphatic heterocycles. The fourth-order valence-electron chi connectivity index (χ4n) is 1.22. The van der Waals surface area contributed by atoms with Gasteiger partial charge < -0.3 is 9.84 Å². The molecule has 1 rings (SSSR count). The molecule has 1 aromatic rings. The number of aliphatic carboxylic acids is 1. The van der Waals surface area contributed by atoms with Crippen LogP contribution in [0.25, 0.3) is 0 Å². The minimum absolute atomic E-state index is 0.220. The summed E-state index contributed by atoms with van der Waals surface area (Å²) in [5.41, 5.74) is -2.26. The maximum Gasteiger partial charge on any atom is 0.573 e. The molecule has 1 N–H and O–H groups in total. The number of carboxylic acid groups (broad SMARTS) is 1. The van der Waals surface area contributed by atoms with E-state index in [-0.39, 0.29) is 6.07 Å². The number of rotatable bonds is 3. The third-order valence-corrected chi connectivity index (χ3v) is 2.57. The molecule has 0 aromatic carbocycles. The highest BCUT2D eigenvalue weighted by atomic mass is 127. The topological polar surface area (TPSA) is 59.4 Å². The van der Waals surface area contributed by atoms with Gasteiger partial charge in [-0.3, -0.25) is 4.79 Å². The number of carbonyl (C=O) groups is 1. The van der Waals surface area contributed by atoms with Crippen LogP contribution in [0.15, 0.2) is 6.07 Å². The van der Waals surface area contributed by atoms with E-state index in [9.17, 15) is 31.1 Å². The first-order valence-corrected chi connectivity index (χ1v) is 5.72. The number of pyridine rings is 1. The number of nitrogens with zero attached hydrogens (tertiary/aromatic N) is 1. The van der Waals surface area contributed by atoms with Crippen molar-refractivity contribution in [3.05, 3.63) is 21.0 Å². The average Bonchev–Trinajstić information content (AvgIpc) is 2.17. The van der Waals surface area contributed by atoms with Crippen molar-refractivity contribution in [2.24, 2.45) is 0 Å². The number of halogens is 7. The fraction of sp³-hybridized carbons (Fsp3) is 0.333. The number of ether oxygens (including phenoxy) is 1. The van der Waals surface area contributed by atoms with Crippen LogP contribution in [0, 0.1) is 3.70 Å². The van der Waals surface area contributed by atoms with Crippen molar-refractivity contribution in [2.75, 3.05) is 0 Å². The molecule has 1 heterocycles. The largest absolute Gasteiger partial charge is 0.573 e. The normalized spacial score (nSPS) is 12.3. The second-order valence-corrected chi connectivity index (χ2v) is 4.42. The summed E-state index contributed by atoms with van der Waals surface area (Å²) in [6, 6.07) is 0.220. The van der Waals surface area contributed by atoms with Crippen molar-refractivity contribution in [1.82, 2.24) is 4.98 Å². The number of hydrogen-bond donors (Lipinski definition) is 1. The van der Waals surface area contributed by atoms with Crippen molar-refractivity contribution < 1.29 is 41.0 Å². The van der Waals surface area contributed by atoms with Gasteiger partial charge in [-0.2, -0.15) is 13.2 Å². The molecule has 0 amide bonds. The molecule has 0 spiro atoms. The van der Waals surface area contributed by atoms with Gasteiger partial charge in [-0.25, -0.2) is 4.98 Å². The summed E-state index contributed by atoms with van der Waals surface area (Å²) in [6.07, 6.45) is -11.3. The maximum atomic E-state index is 12.7. The number of alkyl halides is 6. The second kappa shape index (κ2) is 5.61. The Morgan fingerprint density at radius 3 is 2.25 bits per heavy atom. The van der Waals surface area contributed by atoms with Gasteiger partial charge in [-0.15, -0.1) is 13.2 Å². The number of hydrogen-bond acceptors (Lipinski definition) is 3. The Morgan fingerprint density at radius 1 is 1.30 bits per heavy atom. The minimum Gasteiger partial charge on any atom is -0.481 e. The van der Waals surface area contributed by atoms with Crippen LogP contribution in [-0.2, 0) is 17.4 Å². The smallest absolute Gasteiger partial charge is 0.481 e. The molecule has 0 fully saturated rings. The first-order chi connectivity index (χ1) is 8.90. The first-order valence-electron chi connectivity index (χ1n) is 4.64. The summed E-state index contributed by atoms with van der Waals surface area (Å²) in [5.74, 6) is -2.97. The number of carboxylic acids is 1. The minimum atomic E-state index is -5.32. The van der Waals surface area contributed by atoms with E-state index in [2.05, 4.69) is 9.72 Å². The molecule has 112 valence electrons. The van der Waals surface area contributed by atoms with Gasteiger partial charge in [0.1, 0.15) is 9.26 Å². The molecule has 0 saturated heterocycles. The van der Waals surface area contributed by atoms with Crippen LogP contribution in [0.4, 0.5) is 26.3 Å². The zero-order valence-corrected chi connectivity index (χ0v) is 11.3. The zero-order valence-electron chi connectivity index (χ0n) is 9.14.